The highest BCUT2D eigenvalue weighted by molar-refractivity contribution is 5.75. The van der Waals surface area contributed by atoms with E-state index in [9.17, 15) is 4.79 Å². The Kier molecular flexibility index (Phi) is 2.90. The molecule has 0 fully saturated rings. The molecule has 2 aromatic heterocycles. The van der Waals surface area contributed by atoms with E-state index in [1.54, 1.807) is 13.1 Å². The lowest BCUT2D eigenvalue weighted by Crippen LogP contribution is -1.95. The first kappa shape index (κ1) is 10.7. The van der Waals surface area contributed by atoms with Crippen LogP contribution in [0.2, 0.25) is 0 Å². The maximum Gasteiger partial charge on any atom is 0.152 e. The lowest BCUT2D eigenvalue weighted by Gasteiger charge is -1.93. The highest BCUT2D eigenvalue weighted by Crippen LogP contribution is 2.19. The van der Waals surface area contributed by atoms with E-state index >= 15 is 0 Å². The number of furan rings is 1. The summed E-state index contributed by atoms with van der Waals surface area (Å²) in [4.78, 5) is 18.2. The number of rotatable bonds is 4. The van der Waals surface area contributed by atoms with E-state index < -0.39 is 0 Å². The lowest BCUT2D eigenvalue weighted by molar-refractivity contribution is -0.117. The standard InChI is InChI=1S/C12H14N2O2/c1-8(15)3-6-12-13-7-10(14-12)11-5-4-9(2)16-11/h4-5,7H,3,6H2,1-2H3,(H,13,14). The van der Waals surface area contributed by atoms with Gasteiger partial charge in [-0.2, -0.15) is 0 Å². The average molecular weight is 218 g/mol. The zero-order valence-electron chi connectivity index (χ0n) is 9.41. The van der Waals surface area contributed by atoms with Crippen LogP contribution in [0, 0.1) is 6.92 Å². The Bertz CT molecular complexity index is 497. The SMILES string of the molecule is CC(=O)CCc1ncc(-c2ccc(C)o2)[nH]1. The first-order valence-corrected chi connectivity index (χ1v) is 5.25. The minimum Gasteiger partial charge on any atom is -0.460 e. The summed E-state index contributed by atoms with van der Waals surface area (Å²) < 4.78 is 5.47. The number of aryl methyl sites for hydroxylation is 2. The summed E-state index contributed by atoms with van der Waals surface area (Å²) in [6, 6.07) is 3.81. The van der Waals surface area contributed by atoms with Gasteiger partial charge < -0.3 is 14.2 Å². The number of aromatic amines is 1. The third-order valence-corrected chi connectivity index (χ3v) is 2.35. The number of carbonyl (C=O) groups excluding carboxylic acids is 1. The van der Waals surface area contributed by atoms with Crippen LogP contribution < -0.4 is 0 Å². The first-order valence-electron chi connectivity index (χ1n) is 5.25. The molecular formula is C12H14N2O2. The van der Waals surface area contributed by atoms with E-state index in [0.717, 1.165) is 23.0 Å². The number of hydrogen-bond acceptors (Lipinski definition) is 3. The van der Waals surface area contributed by atoms with E-state index in [1.165, 1.54) is 0 Å². The van der Waals surface area contributed by atoms with Crippen molar-refractivity contribution in [1.82, 2.24) is 9.97 Å². The van der Waals surface area contributed by atoms with Crippen LogP contribution in [0.3, 0.4) is 0 Å². The summed E-state index contributed by atoms with van der Waals surface area (Å²) >= 11 is 0. The molecular weight excluding hydrogens is 204 g/mol. The fraction of sp³-hybridized carbons (Fsp3) is 0.333. The quantitative estimate of drug-likeness (QED) is 0.857. The van der Waals surface area contributed by atoms with Gasteiger partial charge in [-0.05, 0) is 26.0 Å². The van der Waals surface area contributed by atoms with Crippen molar-refractivity contribution >= 4 is 5.78 Å². The van der Waals surface area contributed by atoms with Gasteiger partial charge in [-0.3, -0.25) is 0 Å². The maximum atomic E-state index is 10.8. The second kappa shape index (κ2) is 4.35. The third-order valence-electron chi connectivity index (χ3n) is 2.35. The highest BCUT2D eigenvalue weighted by Gasteiger charge is 2.07. The van der Waals surface area contributed by atoms with E-state index in [0.29, 0.717) is 12.8 Å². The molecule has 0 amide bonds. The molecule has 0 spiro atoms. The fourth-order valence-corrected chi connectivity index (χ4v) is 1.49. The van der Waals surface area contributed by atoms with Gasteiger partial charge in [0.25, 0.3) is 0 Å². The van der Waals surface area contributed by atoms with Gasteiger partial charge in [-0.1, -0.05) is 0 Å². The van der Waals surface area contributed by atoms with Crippen molar-refractivity contribution < 1.29 is 9.21 Å². The molecule has 84 valence electrons. The van der Waals surface area contributed by atoms with Crippen molar-refractivity contribution in [2.45, 2.75) is 26.7 Å². The van der Waals surface area contributed by atoms with Gasteiger partial charge in [0.15, 0.2) is 5.76 Å². The zero-order valence-corrected chi connectivity index (χ0v) is 9.41. The van der Waals surface area contributed by atoms with E-state index in [4.69, 9.17) is 4.42 Å². The Balaban J connectivity index is 2.10. The molecule has 2 rings (SSSR count). The second-order valence-electron chi connectivity index (χ2n) is 3.86. The van der Waals surface area contributed by atoms with Gasteiger partial charge in [0, 0.05) is 12.8 Å². The molecule has 1 N–H and O–H groups in total. The Morgan fingerprint density at radius 3 is 2.94 bits per heavy atom. The minimum atomic E-state index is 0.173. The molecule has 0 aromatic carbocycles. The molecule has 2 heterocycles. The van der Waals surface area contributed by atoms with Crippen molar-refractivity contribution in [3.05, 3.63) is 29.9 Å². The van der Waals surface area contributed by atoms with Gasteiger partial charge >= 0.3 is 0 Å². The van der Waals surface area contributed by atoms with Crippen LogP contribution >= 0.6 is 0 Å². The number of carbonyl (C=O) groups is 1. The van der Waals surface area contributed by atoms with Crippen LogP contribution in [0.5, 0.6) is 0 Å². The molecule has 0 aliphatic heterocycles. The Morgan fingerprint density at radius 2 is 2.31 bits per heavy atom. The predicted molar refractivity (Wildman–Crippen MR) is 60.0 cm³/mol. The zero-order chi connectivity index (χ0) is 11.5. The molecule has 0 aliphatic rings. The molecule has 0 atom stereocenters. The van der Waals surface area contributed by atoms with Crippen LogP contribution in [0.15, 0.2) is 22.7 Å². The molecule has 0 unspecified atom stereocenters. The number of nitrogens with zero attached hydrogens (tertiary/aromatic N) is 1. The van der Waals surface area contributed by atoms with Crippen molar-refractivity contribution in [2.75, 3.05) is 0 Å². The van der Waals surface area contributed by atoms with Crippen LogP contribution in [0.1, 0.15) is 24.9 Å². The van der Waals surface area contributed by atoms with E-state index in [1.807, 2.05) is 19.1 Å². The van der Waals surface area contributed by atoms with Crippen molar-refractivity contribution in [1.29, 1.82) is 0 Å². The molecule has 0 radical (unpaired) electrons. The van der Waals surface area contributed by atoms with Crippen molar-refractivity contribution in [3.8, 4) is 11.5 Å². The molecule has 4 nitrogen and oxygen atoms in total. The summed E-state index contributed by atoms with van der Waals surface area (Å²) in [6.07, 6.45) is 2.90. The summed E-state index contributed by atoms with van der Waals surface area (Å²) in [5.74, 6) is 2.64. The van der Waals surface area contributed by atoms with Gasteiger partial charge in [0.2, 0.25) is 0 Å². The topological polar surface area (TPSA) is 58.9 Å². The highest BCUT2D eigenvalue weighted by atomic mass is 16.3. The lowest BCUT2D eigenvalue weighted by atomic mass is 10.2. The van der Waals surface area contributed by atoms with Gasteiger partial charge in [0.1, 0.15) is 23.1 Å². The maximum absolute atomic E-state index is 10.8. The van der Waals surface area contributed by atoms with Crippen LogP contribution in [0.4, 0.5) is 0 Å². The van der Waals surface area contributed by atoms with Crippen molar-refractivity contribution in [2.24, 2.45) is 0 Å². The van der Waals surface area contributed by atoms with E-state index in [2.05, 4.69) is 9.97 Å². The number of H-pyrrole nitrogens is 1. The molecule has 0 saturated carbocycles. The van der Waals surface area contributed by atoms with Crippen LogP contribution in [-0.2, 0) is 11.2 Å². The molecule has 0 saturated heterocycles. The molecule has 16 heavy (non-hydrogen) atoms. The average Bonchev–Trinajstić information content (AvgIpc) is 2.83. The van der Waals surface area contributed by atoms with Gasteiger partial charge in [0.05, 0.1) is 6.20 Å². The molecule has 4 heteroatoms. The second-order valence-corrected chi connectivity index (χ2v) is 3.86. The predicted octanol–water partition coefficient (Wildman–Crippen LogP) is 2.50. The Morgan fingerprint density at radius 1 is 1.50 bits per heavy atom. The fourth-order valence-electron chi connectivity index (χ4n) is 1.49. The minimum absolute atomic E-state index is 0.173. The van der Waals surface area contributed by atoms with Gasteiger partial charge in [-0.15, -0.1) is 0 Å². The van der Waals surface area contributed by atoms with E-state index in [-0.39, 0.29) is 5.78 Å². The van der Waals surface area contributed by atoms with Crippen molar-refractivity contribution in [3.63, 3.8) is 0 Å². The number of nitrogens with one attached hydrogen (secondary N) is 1. The first-order chi connectivity index (χ1) is 7.65. The van der Waals surface area contributed by atoms with Gasteiger partial charge in [-0.25, -0.2) is 4.98 Å². The monoisotopic (exact) mass is 218 g/mol. The van der Waals surface area contributed by atoms with Crippen LogP contribution in [0.25, 0.3) is 11.5 Å². The molecule has 0 aliphatic carbocycles. The number of aromatic nitrogens is 2. The Hall–Kier alpha value is -1.84. The van der Waals surface area contributed by atoms with Crippen LogP contribution in [-0.4, -0.2) is 15.8 Å². The molecule has 0 bridgehead atoms. The Labute approximate surface area is 93.7 Å². The summed E-state index contributed by atoms with van der Waals surface area (Å²) in [6.45, 7) is 3.48. The number of ketones is 1. The normalized spacial score (nSPS) is 10.6. The largest absolute Gasteiger partial charge is 0.460 e. The third kappa shape index (κ3) is 2.39. The smallest absolute Gasteiger partial charge is 0.152 e. The number of imidazole rings is 1. The number of hydrogen-bond donors (Lipinski definition) is 1. The summed E-state index contributed by atoms with van der Waals surface area (Å²) in [5.41, 5.74) is 0.853. The summed E-state index contributed by atoms with van der Waals surface area (Å²) in [7, 11) is 0. The molecule has 2 aromatic rings. The summed E-state index contributed by atoms with van der Waals surface area (Å²) in [5, 5.41) is 0. The number of Topliss-reactive ketones (excluding diaryl/α,β-unsaturated/α-hetero) is 1.